The molecule has 0 saturated heterocycles. The number of hydrogen-bond donors (Lipinski definition) is 0. The molecule has 1 aliphatic rings. The van der Waals surface area contributed by atoms with Gasteiger partial charge in [0.1, 0.15) is 0 Å². The Morgan fingerprint density at radius 2 is 2.00 bits per heavy atom. The van der Waals surface area contributed by atoms with Gasteiger partial charge in [-0.15, -0.1) is 5.23 Å². The third-order valence-electron chi connectivity index (χ3n) is 2.63. The highest BCUT2D eigenvalue weighted by Crippen LogP contribution is 2.28. The predicted molar refractivity (Wildman–Crippen MR) is 54.3 cm³/mol. The minimum atomic E-state index is 0.0887. The number of hydrogen-bond acceptors (Lipinski definition) is 1. The second kappa shape index (κ2) is 2.74. The Bertz CT molecular complexity index is 459. The number of aromatic nitrogens is 1. The molecule has 2 nitrogen and oxygen atoms in total. The van der Waals surface area contributed by atoms with Crippen LogP contribution < -0.4 is 5.23 Å². The SMILES string of the molecule is FN(C1CC1)n1ccc2ccccc21. The second-order valence-electron chi connectivity index (χ2n) is 3.74. The van der Waals surface area contributed by atoms with Gasteiger partial charge in [0, 0.05) is 11.6 Å². The highest BCUT2D eigenvalue weighted by molar-refractivity contribution is 5.80. The van der Waals surface area contributed by atoms with E-state index >= 15 is 0 Å². The highest BCUT2D eigenvalue weighted by atomic mass is 19.2. The van der Waals surface area contributed by atoms with Crippen LogP contribution in [0.25, 0.3) is 10.9 Å². The highest BCUT2D eigenvalue weighted by Gasteiger charge is 2.30. The zero-order valence-electron chi connectivity index (χ0n) is 7.73. The molecule has 72 valence electrons. The molecule has 1 fully saturated rings. The molecule has 1 aliphatic carbocycles. The molecule has 0 spiro atoms. The topological polar surface area (TPSA) is 8.17 Å². The summed E-state index contributed by atoms with van der Waals surface area (Å²) in [7, 11) is 0. The van der Waals surface area contributed by atoms with Gasteiger partial charge in [-0.25, -0.2) is 4.68 Å². The van der Waals surface area contributed by atoms with Crippen molar-refractivity contribution in [2.24, 2.45) is 0 Å². The Balaban J connectivity index is 2.11. The monoisotopic (exact) mass is 190 g/mol. The molecule has 1 saturated carbocycles. The van der Waals surface area contributed by atoms with E-state index in [2.05, 4.69) is 0 Å². The van der Waals surface area contributed by atoms with Gasteiger partial charge in [-0.1, -0.05) is 22.7 Å². The van der Waals surface area contributed by atoms with Gasteiger partial charge in [-0.2, -0.15) is 0 Å². The third-order valence-corrected chi connectivity index (χ3v) is 2.63. The summed E-state index contributed by atoms with van der Waals surface area (Å²) in [5, 5.41) is 1.92. The molecule has 1 aromatic carbocycles. The van der Waals surface area contributed by atoms with E-state index in [4.69, 9.17) is 0 Å². The number of benzene rings is 1. The molecule has 0 radical (unpaired) electrons. The Morgan fingerprint density at radius 1 is 1.21 bits per heavy atom. The van der Waals surface area contributed by atoms with Crippen LogP contribution in [0.5, 0.6) is 0 Å². The van der Waals surface area contributed by atoms with Crippen molar-refractivity contribution in [3.63, 3.8) is 0 Å². The molecular weight excluding hydrogens is 179 g/mol. The van der Waals surface area contributed by atoms with Crippen molar-refractivity contribution in [2.75, 3.05) is 5.23 Å². The van der Waals surface area contributed by atoms with Crippen molar-refractivity contribution in [3.05, 3.63) is 36.5 Å². The Morgan fingerprint density at radius 3 is 2.79 bits per heavy atom. The normalized spacial score (nSPS) is 16.1. The van der Waals surface area contributed by atoms with E-state index < -0.39 is 0 Å². The van der Waals surface area contributed by atoms with Crippen LogP contribution in [0.15, 0.2) is 36.5 Å². The third kappa shape index (κ3) is 1.09. The maximum absolute atomic E-state index is 13.7. The number of halogens is 1. The van der Waals surface area contributed by atoms with Crippen LogP contribution in [-0.4, -0.2) is 10.7 Å². The number of fused-ring (bicyclic) bond motifs is 1. The summed E-state index contributed by atoms with van der Waals surface area (Å²) in [4.78, 5) is 0. The van der Waals surface area contributed by atoms with Crippen LogP contribution >= 0.6 is 0 Å². The van der Waals surface area contributed by atoms with Gasteiger partial charge in [-0.3, -0.25) is 0 Å². The molecule has 0 unspecified atom stereocenters. The first-order valence-corrected chi connectivity index (χ1v) is 4.87. The molecule has 1 heterocycles. The minimum Gasteiger partial charge on any atom is -0.237 e. The smallest absolute Gasteiger partial charge is 0.0794 e. The fourth-order valence-electron chi connectivity index (χ4n) is 1.70. The lowest BCUT2D eigenvalue weighted by Crippen LogP contribution is -2.26. The Labute approximate surface area is 81.5 Å². The molecule has 3 rings (SSSR count). The van der Waals surface area contributed by atoms with Gasteiger partial charge < -0.3 is 0 Å². The molecule has 0 N–H and O–H groups in total. The van der Waals surface area contributed by atoms with E-state index in [-0.39, 0.29) is 6.04 Å². The van der Waals surface area contributed by atoms with Crippen molar-refractivity contribution in [1.29, 1.82) is 0 Å². The molecule has 0 amide bonds. The lowest BCUT2D eigenvalue weighted by Gasteiger charge is -2.14. The number of nitrogens with zero attached hydrogens (tertiary/aromatic N) is 2. The van der Waals surface area contributed by atoms with E-state index in [0.717, 1.165) is 29.0 Å². The summed E-state index contributed by atoms with van der Waals surface area (Å²) in [6, 6.07) is 9.85. The molecule has 0 bridgehead atoms. The largest absolute Gasteiger partial charge is 0.237 e. The summed E-state index contributed by atoms with van der Waals surface area (Å²) in [6.45, 7) is 0. The first-order valence-electron chi connectivity index (χ1n) is 4.87. The van der Waals surface area contributed by atoms with Crippen LogP contribution in [0.1, 0.15) is 12.8 Å². The van der Waals surface area contributed by atoms with Gasteiger partial charge in [0.15, 0.2) is 0 Å². The van der Waals surface area contributed by atoms with Crippen molar-refractivity contribution < 1.29 is 4.48 Å². The minimum absolute atomic E-state index is 0.0887. The quantitative estimate of drug-likeness (QED) is 0.661. The molecule has 1 aromatic heterocycles. The summed E-state index contributed by atoms with van der Waals surface area (Å²) in [5.74, 6) is 0. The molecule has 0 atom stereocenters. The average molecular weight is 190 g/mol. The second-order valence-corrected chi connectivity index (χ2v) is 3.74. The first-order chi connectivity index (χ1) is 6.86. The molecule has 3 heteroatoms. The van der Waals surface area contributed by atoms with E-state index in [1.54, 1.807) is 10.9 Å². The van der Waals surface area contributed by atoms with Crippen LogP contribution in [0.4, 0.5) is 4.48 Å². The van der Waals surface area contributed by atoms with E-state index in [1.165, 1.54) is 0 Å². The van der Waals surface area contributed by atoms with Gasteiger partial charge in [0.2, 0.25) is 0 Å². The van der Waals surface area contributed by atoms with Crippen LogP contribution in [0.3, 0.4) is 0 Å². The van der Waals surface area contributed by atoms with Crippen LogP contribution in [0, 0.1) is 0 Å². The van der Waals surface area contributed by atoms with Gasteiger partial charge in [0.05, 0.1) is 11.6 Å². The lowest BCUT2D eigenvalue weighted by molar-refractivity contribution is 0.317. The van der Waals surface area contributed by atoms with Crippen molar-refractivity contribution in [1.82, 2.24) is 4.68 Å². The van der Waals surface area contributed by atoms with Crippen molar-refractivity contribution in [2.45, 2.75) is 18.9 Å². The Hall–Kier alpha value is -1.51. The number of rotatable bonds is 2. The fourth-order valence-corrected chi connectivity index (χ4v) is 1.70. The van der Waals surface area contributed by atoms with Gasteiger partial charge in [-0.05, 0) is 25.0 Å². The number of para-hydroxylation sites is 1. The van der Waals surface area contributed by atoms with Crippen LogP contribution in [-0.2, 0) is 0 Å². The van der Waals surface area contributed by atoms with Crippen molar-refractivity contribution >= 4 is 10.9 Å². The summed E-state index contributed by atoms with van der Waals surface area (Å²) >= 11 is 0. The van der Waals surface area contributed by atoms with Gasteiger partial charge in [0.25, 0.3) is 0 Å². The fraction of sp³-hybridized carbons (Fsp3) is 0.273. The van der Waals surface area contributed by atoms with Gasteiger partial charge >= 0.3 is 0 Å². The summed E-state index contributed by atoms with van der Waals surface area (Å²) in [6.07, 6.45) is 3.70. The zero-order chi connectivity index (χ0) is 9.54. The Kier molecular flexibility index (Phi) is 1.54. The maximum atomic E-state index is 13.7. The van der Waals surface area contributed by atoms with E-state index in [0.29, 0.717) is 0 Å². The maximum Gasteiger partial charge on any atom is 0.0794 e. The van der Waals surface area contributed by atoms with E-state index in [1.807, 2.05) is 30.3 Å². The predicted octanol–water partition coefficient (Wildman–Crippen LogP) is 2.63. The summed E-state index contributed by atoms with van der Waals surface area (Å²) < 4.78 is 15.3. The molecule has 0 aliphatic heterocycles. The van der Waals surface area contributed by atoms with Crippen LogP contribution in [0.2, 0.25) is 0 Å². The first kappa shape index (κ1) is 7.85. The lowest BCUT2D eigenvalue weighted by atomic mass is 10.3. The average Bonchev–Trinajstić information content (AvgIpc) is 2.97. The van der Waals surface area contributed by atoms with Crippen molar-refractivity contribution in [3.8, 4) is 0 Å². The molecule has 2 aromatic rings. The van der Waals surface area contributed by atoms with E-state index in [9.17, 15) is 4.48 Å². The zero-order valence-corrected chi connectivity index (χ0v) is 7.73. The summed E-state index contributed by atoms with van der Waals surface area (Å²) in [5.41, 5.74) is 0.932. The molecule has 14 heavy (non-hydrogen) atoms. The molecular formula is C11H11FN2. The standard InChI is InChI=1S/C11H11FN2/c12-14(10-5-6-10)13-8-7-9-3-1-2-4-11(9)13/h1-4,7-8,10H,5-6H2.